The van der Waals surface area contributed by atoms with E-state index in [0.29, 0.717) is 11.1 Å². The van der Waals surface area contributed by atoms with Gasteiger partial charge < -0.3 is 10.0 Å². The fraction of sp³-hybridized carbons (Fsp3) is 0.0952. The van der Waals surface area contributed by atoms with Crippen LogP contribution < -0.4 is 4.90 Å². The van der Waals surface area contributed by atoms with Crippen LogP contribution in [0.4, 0.5) is 11.5 Å². The second-order valence-electron chi connectivity index (χ2n) is 6.10. The molecule has 0 spiro atoms. The molecule has 126 valence electrons. The van der Waals surface area contributed by atoms with Gasteiger partial charge in [-0.1, -0.05) is 24.6 Å². The van der Waals surface area contributed by atoms with Crippen LogP contribution in [0.5, 0.6) is 0 Å². The second-order valence-corrected chi connectivity index (χ2v) is 6.10. The van der Waals surface area contributed by atoms with Crippen LogP contribution in [0.25, 0.3) is 16.5 Å². The van der Waals surface area contributed by atoms with Crippen LogP contribution in [0, 0.1) is 12.3 Å². The van der Waals surface area contributed by atoms with E-state index < -0.39 is 5.97 Å². The Balaban J connectivity index is 1.83. The van der Waals surface area contributed by atoms with Crippen molar-refractivity contribution in [2.75, 3.05) is 11.4 Å². The summed E-state index contributed by atoms with van der Waals surface area (Å²) in [6.45, 7) is 4.41. The van der Waals surface area contributed by atoms with E-state index >= 15 is 0 Å². The maximum Gasteiger partial charge on any atom is 0.335 e. The van der Waals surface area contributed by atoms with Crippen LogP contribution in [0.2, 0.25) is 0 Å². The molecule has 1 aliphatic heterocycles. The van der Waals surface area contributed by atoms with Gasteiger partial charge in [-0.3, -0.25) is 0 Å². The summed E-state index contributed by atoms with van der Waals surface area (Å²) in [4.78, 5) is 22.1. The number of carboxylic acids is 1. The monoisotopic (exact) mass is 341 g/mol. The minimum Gasteiger partial charge on any atom is -0.478 e. The summed E-state index contributed by atoms with van der Waals surface area (Å²) in [7, 11) is 0. The average molecular weight is 341 g/mol. The number of aliphatic carboxylic acids is 1. The fourth-order valence-corrected chi connectivity index (χ4v) is 3.26. The Kier molecular flexibility index (Phi) is 3.67. The molecule has 0 saturated heterocycles. The lowest BCUT2D eigenvalue weighted by atomic mass is 10.1. The molecule has 0 unspecified atom stereocenters. The minimum atomic E-state index is -1.05. The highest BCUT2D eigenvalue weighted by Gasteiger charge is 2.23. The fourth-order valence-electron chi connectivity index (χ4n) is 3.26. The Bertz CT molecular complexity index is 1110. The van der Waals surface area contributed by atoms with Crippen molar-refractivity contribution < 1.29 is 9.90 Å². The molecule has 3 aromatic rings. The van der Waals surface area contributed by atoms with Crippen molar-refractivity contribution in [1.82, 2.24) is 9.97 Å². The van der Waals surface area contributed by atoms with E-state index in [1.807, 2.05) is 18.2 Å². The lowest BCUT2D eigenvalue weighted by molar-refractivity contribution is -0.130. The Morgan fingerprint density at radius 2 is 2.08 bits per heavy atom. The number of rotatable bonds is 3. The summed E-state index contributed by atoms with van der Waals surface area (Å²) >= 11 is 0. The Morgan fingerprint density at radius 1 is 1.23 bits per heavy atom. The number of benzene rings is 2. The van der Waals surface area contributed by atoms with Crippen molar-refractivity contribution in [3.63, 3.8) is 0 Å². The first-order chi connectivity index (χ1) is 12.6. The van der Waals surface area contributed by atoms with E-state index in [-0.39, 0.29) is 5.57 Å². The van der Waals surface area contributed by atoms with Crippen LogP contribution >= 0.6 is 0 Å². The topological polar surface area (TPSA) is 66.3 Å². The molecule has 0 atom stereocenters. The third-order valence-electron chi connectivity index (χ3n) is 4.63. The second kappa shape index (κ2) is 6.01. The van der Waals surface area contributed by atoms with Crippen molar-refractivity contribution in [3.8, 4) is 12.3 Å². The van der Waals surface area contributed by atoms with Gasteiger partial charge in [-0.15, -0.1) is 6.42 Å². The molecule has 2 aromatic carbocycles. The van der Waals surface area contributed by atoms with Crippen LogP contribution in [-0.4, -0.2) is 27.6 Å². The summed E-state index contributed by atoms with van der Waals surface area (Å²) in [5.74, 6) is 2.41. The molecule has 0 fully saturated rings. The normalized spacial score (nSPS) is 12.7. The molecule has 2 heterocycles. The number of terminal acetylenes is 1. The highest BCUT2D eigenvalue weighted by Crippen LogP contribution is 2.37. The molecule has 5 nitrogen and oxygen atoms in total. The summed E-state index contributed by atoms with van der Waals surface area (Å²) in [6.07, 6.45) is 7.95. The number of fused-ring (bicyclic) bond motifs is 2. The largest absolute Gasteiger partial charge is 0.478 e. The van der Waals surface area contributed by atoms with Gasteiger partial charge in [-0.2, -0.15) is 0 Å². The number of hydrogen-bond acceptors (Lipinski definition) is 4. The van der Waals surface area contributed by atoms with Gasteiger partial charge in [-0.25, -0.2) is 14.8 Å². The van der Waals surface area contributed by atoms with Gasteiger partial charge in [0.2, 0.25) is 0 Å². The molecule has 26 heavy (non-hydrogen) atoms. The lowest BCUT2D eigenvalue weighted by Crippen LogP contribution is -2.15. The van der Waals surface area contributed by atoms with Crippen molar-refractivity contribution >= 4 is 34.0 Å². The Labute approximate surface area is 150 Å². The van der Waals surface area contributed by atoms with Gasteiger partial charge in [0.25, 0.3) is 0 Å². The van der Waals surface area contributed by atoms with E-state index in [2.05, 4.69) is 33.4 Å². The quantitative estimate of drug-likeness (QED) is 0.584. The SMILES string of the molecule is C#Cc1ccc2c(c1)N(c1ncnc3cc(C(=C)C(=O)O)ccc13)CC2. The van der Waals surface area contributed by atoms with Gasteiger partial charge in [0.05, 0.1) is 11.1 Å². The molecule has 1 aliphatic rings. The van der Waals surface area contributed by atoms with Gasteiger partial charge >= 0.3 is 5.97 Å². The zero-order valence-electron chi connectivity index (χ0n) is 13.9. The van der Waals surface area contributed by atoms with E-state index in [9.17, 15) is 4.79 Å². The molecule has 0 bridgehead atoms. The van der Waals surface area contributed by atoms with E-state index in [1.54, 1.807) is 12.1 Å². The number of hydrogen-bond donors (Lipinski definition) is 1. The van der Waals surface area contributed by atoms with Gasteiger partial charge in [-0.05, 0) is 41.8 Å². The van der Waals surface area contributed by atoms with Gasteiger partial charge in [0, 0.05) is 23.2 Å². The maximum atomic E-state index is 11.2. The number of carbonyl (C=O) groups is 1. The highest BCUT2D eigenvalue weighted by atomic mass is 16.4. The van der Waals surface area contributed by atoms with Crippen molar-refractivity contribution in [2.45, 2.75) is 6.42 Å². The zero-order valence-corrected chi connectivity index (χ0v) is 13.9. The number of anilines is 2. The number of carboxylic acid groups (broad SMARTS) is 1. The van der Waals surface area contributed by atoms with E-state index in [4.69, 9.17) is 11.5 Å². The molecule has 0 saturated carbocycles. The van der Waals surface area contributed by atoms with Crippen molar-refractivity contribution in [1.29, 1.82) is 0 Å². The molecule has 5 heteroatoms. The summed E-state index contributed by atoms with van der Waals surface area (Å²) in [5, 5.41) is 9.99. The molecule has 1 N–H and O–H groups in total. The summed E-state index contributed by atoms with van der Waals surface area (Å²) in [6, 6.07) is 11.3. The van der Waals surface area contributed by atoms with Crippen LogP contribution in [0.1, 0.15) is 16.7 Å². The summed E-state index contributed by atoms with van der Waals surface area (Å²) in [5.41, 5.74) is 4.36. The number of nitrogens with zero attached hydrogens (tertiary/aromatic N) is 3. The van der Waals surface area contributed by atoms with Crippen LogP contribution in [0.3, 0.4) is 0 Å². The first-order valence-electron chi connectivity index (χ1n) is 8.13. The zero-order chi connectivity index (χ0) is 18.3. The predicted octanol–water partition coefficient (Wildman–Crippen LogP) is 3.40. The van der Waals surface area contributed by atoms with Gasteiger partial charge in [0.1, 0.15) is 12.1 Å². The molecule has 4 rings (SSSR count). The third kappa shape index (κ3) is 2.49. The predicted molar refractivity (Wildman–Crippen MR) is 101 cm³/mol. The molecular formula is C21H15N3O2. The molecule has 0 radical (unpaired) electrons. The van der Waals surface area contributed by atoms with Crippen LogP contribution in [-0.2, 0) is 11.2 Å². The Hall–Kier alpha value is -3.65. The average Bonchev–Trinajstić information content (AvgIpc) is 3.09. The maximum absolute atomic E-state index is 11.2. The molecule has 0 aliphatic carbocycles. The first-order valence-corrected chi connectivity index (χ1v) is 8.13. The van der Waals surface area contributed by atoms with Gasteiger partial charge in [0.15, 0.2) is 0 Å². The smallest absolute Gasteiger partial charge is 0.335 e. The van der Waals surface area contributed by atoms with Crippen molar-refractivity contribution in [2.24, 2.45) is 0 Å². The highest BCUT2D eigenvalue weighted by molar-refractivity contribution is 6.15. The number of aromatic nitrogens is 2. The van der Waals surface area contributed by atoms with Crippen LogP contribution in [0.15, 0.2) is 49.3 Å². The molecule has 0 amide bonds. The standard InChI is InChI=1S/C21H15N3O2/c1-3-14-4-5-15-8-9-24(19(15)10-14)20-17-7-6-16(13(2)21(25)26)11-18(17)22-12-23-20/h1,4-7,10-12H,2,8-9H2,(H,25,26). The van der Waals surface area contributed by atoms with E-state index in [1.165, 1.54) is 11.9 Å². The first kappa shape index (κ1) is 15.9. The minimum absolute atomic E-state index is 0.0391. The molecule has 1 aromatic heterocycles. The van der Waals surface area contributed by atoms with E-state index in [0.717, 1.165) is 35.4 Å². The van der Waals surface area contributed by atoms with Crippen molar-refractivity contribution in [3.05, 3.63) is 66.0 Å². The Morgan fingerprint density at radius 3 is 2.85 bits per heavy atom. The third-order valence-corrected chi connectivity index (χ3v) is 4.63. The summed E-state index contributed by atoms with van der Waals surface area (Å²) < 4.78 is 0. The lowest BCUT2D eigenvalue weighted by Gasteiger charge is -2.20. The molecular weight excluding hydrogens is 326 g/mol.